The molecule has 0 bridgehead atoms. The lowest BCUT2D eigenvalue weighted by Crippen LogP contribution is -2.53. The van der Waals surface area contributed by atoms with Gasteiger partial charge in [-0.3, -0.25) is 0 Å². The summed E-state index contributed by atoms with van der Waals surface area (Å²) in [5.74, 6) is -5.02. The standard InChI is InChI=1S/C11H10ClF4N/c12-7-2-9(14)8(13)1-6(7)10(5-17)3-11(15,16)4-10/h1-2H,3-5,17H2. The molecule has 1 aliphatic carbocycles. The Hall–Kier alpha value is -0.810. The molecule has 1 aromatic carbocycles. The maximum absolute atomic E-state index is 13.1. The summed E-state index contributed by atoms with van der Waals surface area (Å²) in [4.78, 5) is 0. The summed E-state index contributed by atoms with van der Waals surface area (Å²) in [6, 6.07) is 1.65. The lowest BCUT2D eigenvalue weighted by molar-refractivity contribution is -0.123. The van der Waals surface area contributed by atoms with Gasteiger partial charge in [0, 0.05) is 29.8 Å². The van der Waals surface area contributed by atoms with Crippen molar-refractivity contribution in [1.29, 1.82) is 0 Å². The van der Waals surface area contributed by atoms with Crippen LogP contribution in [0.25, 0.3) is 0 Å². The SMILES string of the molecule is NCC1(c2cc(F)c(F)cc2Cl)CC(F)(F)C1. The monoisotopic (exact) mass is 267 g/mol. The summed E-state index contributed by atoms with van der Waals surface area (Å²) in [5.41, 5.74) is 4.58. The molecule has 0 saturated heterocycles. The van der Waals surface area contributed by atoms with Crippen molar-refractivity contribution in [1.82, 2.24) is 0 Å². The van der Waals surface area contributed by atoms with Crippen molar-refractivity contribution in [3.8, 4) is 0 Å². The highest BCUT2D eigenvalue weighted by Gasteiger charge is 2.57. The van der Waals surface area contributed by atoms with E-state index in [0.717, 1.165) is 12.1 Å². The Morgan fingerprint density at radius 1 is 1.18 bits per heavy atom. The van der Waals surface area contributed by atoms with Crippen molar-refractivity contribution in [2.75, 3.05) is 6.54 Å². The molecular weight excluding hydrogens is 258 g/mol. The third-order valence-electron chi connectivity index (χ3n) is 3.17. The Balaban J connectivity index is 2.43. The van der Waals surface area contributed by atoms with E-state index < -0.39 is 35.8 Å². The maximum Gasteiger partial charge on any atom is 0.250 e. The van der Waals surface area contributed by atoms with E-state index in [4.69, 9.17) is 17.3 Å². The minimum Gasteiger partial charge on any atom is -0.330 e. The molecule has 0 aromatic heterocycles. The normalized spacial score (nSPS) is 21.1. The van der Waals surface area contributed by atoms with Gasteiger partial charge < -0.3 is 5.73 Å². The highest BCUT2D eigenvalue weighted by Crippen LogP contribution is 2.54. The molecule has 1 aromatic rings. The molecule has 1 saturated carbocycles. The lowest BCUT2D eigenvalue weighted by atomic mass is 9.62. The quantitative estimate of drug-likeness (QED) is 0.646. The second kappa shape index (κ2) is 3.85. The molecule has 6 heteroatoms. The Bertz CT molecular complexity index is 453. The van der Waals surface area contributed by atoms with Gasteiger partial charge in [0.05, 0.1) is 0 Å². The lowest BCUT2D eigenvalue weighted by Gasteiger charge is -2.47. The van der Waals surface area contributed by atoms with Crippen LogP contribution in [0, 0.1) is 11.6 Å². The zero-order chi connectivity index (χ0) is 12.8. The van der Waals surface area contributed by atoms with Gasteiger partial charge in [0.2, 0.25) is 5.92 Å². The van der Waals surface area contributed by atoms with Crippen LogP contribution in [0.1, 0.15) is 18.4 Å². The average molecular weight is 268 g/mol. The van der Waals surface area contributed by atoms with Crippen LogP contribution in [0.15, 0.2) is 12.1 Å². The molecule has 0 aliphatic heterocycles. The Labute approximate surface area is 101 Å². The first-order chi connectivity index (χ1) is 7.80. The van der Waals surface area contributed by atoms with E-state index in [1.54, 1.807) is 0 Å². The van der Waals surface area contributed by atoms with Crippen molar-refractivity contribution in [2.45, 2.75) is 24.2 Å². The Kier molecular flexibility index (Phi) is 2.86. The van der Waals surface area contributed by atoms with Gasteiger partial charge in [-0.2, -0.15) is 0 Å². The molecule has 1 aliphatic rings. The molecule has 1 nitrogen and oxygen atoms in total. The maximum atomic E-state index is 13.1. The van der Waals surface area contributed by atoms with Crippen LogP contribution >= 0.6 is 11.6 Å². The van der Waals surface area contributed by atoms with Crippen molar-refractivity contribution in [3.63, 3.8) is 0 Å². The van der Waals surface area contributed by atoms with Crippen LogP contribution in [0.2, 0.25) is 5.02 Å². The molecule has 0 radical (unpaired) electrons. The van der Waals surface area contributed by atoms with Gasteiger partial charge >= 0.3 is 0 Å². The smallest absolute Gasteiger partial charge is 0.250 e. The van der Waals surface area contributed by atoms with Gasteiger partial charge in [0.1, 0.15) is 0 Å². The largest absolute Gasteiger partial charge is 0.330 e. The fourth-order valence-corrected chi connectivity index (χ4v) is 2.66. The van der Waals surface area contributed by atoms with E-state index in [9.17, 15) is 17.6 Å². The summed E-state index contributed by atoms with van der Waals surface area (Å²) in [5, 5.41) is -0.0650. The fourth-order valence-electron chi connectivity index (χ4n) is 2.31. The van der Waals surface area contributed by atoms with Gasteiger partial charge in [0.25, 0.3) is 0 Å². The molecule has 0 heterocycles. The highest BCUT2D eigenvalue weighted by molar-refractivity contribution is 6.31. The summed E-state index contributed by atoms with van der Waals surface area (Å²) in [7, 11) is 0. The van der Waals surface area contributed by atoms with Crippen LogP contribution < -0.4 is 5.73 Å². The minimum absolute atomic E-state index is 0.0650. The molecule has 94 valence electrons. The molecule has 0 unspecified atom stereocenters. The number of hydrogen-bond donors (Lipinski definition) is 1. The van der Waals surface area contributed by atoms with Gasteiger partial charge in [-0.1, -0.05) is 11.6 Å². The molecule has 0 spiro atoms. The van der Waals surface area contributed by atoms with Gasteiger partial charge in [-0.15, -0.1) is 0 Å². The van der Waals surface area contributed by atoms with Crippen molar-refractivity contribution in [2.24, 2.45) is 5.73 Å². The van der Waals surface area contributed by atoms with Gasteiger partial charge in [0.15, 0.2) is 11.6 Å². The molecule has 17 heavy (non-hydrogen) atoms. The zero-order valence-corrected chi connectivity index (χ0v) is 9.50. The highest BCUT2D eigenvalue weighted by atomic mass is 35.5. The number of halogens is 5. The average Bonchev–Trinajstić information content (AvgIpc) is 2.19. The van der Waals surface area contributed by atoms with Crippen LogP contribution in [0.4, 0.5) is 17.6 Å². The first kappa shape index (κ1) is 12.6. The molecular formula is C11H10ClF4N. The van der Waals surface area contributed by atoms with E-state index in [2.05, 4.69) is 0 Å². The molecule has 2 N–H and O–H groups in total. The number of nitrogens with two attached hydrogens (primary N) is 1. The summed E-state index contributed by atoms with van der Waals surface area (Å²) in [6.45, 7) is -0.0760. The van der Waals surface area contributed by atoms with Crippen LogP contribution in [0.5, 0.6) is 0 Å². The van der Waals surface area contributed by atoms with Crippen LogP contribution in [-0.2, 0) is 5.41 Å². The van der Waals surface area contributed by atoms with E-state index >= 15 is 0 Å². The molecule has 2 rings (SSSR count). The third-order valence-corrected chi connectivity index (χ3v) is 3.48. The topological polar surface area (TPSA) is 26.0 Å². The fraction of sp³-hybridized carbons (Fsp3) is 0.455. The predicted molar refractivity (Wildman–Crippen MR) is 56.3 cm³/mol. The molecule has 1 fully saturated rings. The van der Waals surface area contributed by atoms with Crippen molar-refractivity contribution < 1.29 is 17.6 Å². The number of benzene rings is 1. The van der Waals surface area contributed by atoms with Crippen LogP contribution in [-0.4, -0.2) is 12.5 Å². The minimum atomic E-state index is -2.81. The second-order valence-corrected chi connectivity index (χ2v) is 4.85. The Morgan fingerprint density at radius 2 is 1.71 bits per heavy atom. The third kappa shape index (κ3) is 2.02. The molecule has 0 atom stereocenters. The first-order valence-electron chi connectivity index (χ1n) is 5.03. The van der Waals surface area contributed by atoms with Crippen LogP contribution in [0.3, 0.4) is 0 Å². The summed E-state index contributed by atoms with van der Waals surface area (Å²) < 4.78 is 51.9. The zero-order valence-electron chi connectivity index (χ0n) is 8.74. The number of rotatable bonds is 2. The summed E-state index contributed by atoms with van der Waals surface area (Å²) in [6.07, 6.45) is -0.970. The van der Waals surface area contributed by atoms with Crippen molar-refractivity contribution in [3.05, 3.63) is 34.4 Å². The van der Waals surface area contributed by atoms with E-state index in [1.165, 1.54) is 0 Å². The Morgan fingerprint density at radius 3 is 2.18 bits per heavy atom. The van der Waals surface area contributed by atoms with E-state index in [0.29, 0.717) is 0 Å². The van der Waals surface area contributed by atoms with Gasteiger partial charge in [-0.05, 0) is 17.7 Å². The van der Waals surface area contributed by atoms with Gasteiger partial charge in [-0.25, -0.2) is 17.6 Å². The first-order valence-corrected chi connectivity index (χ1v) is 5.40. The van der Waals surface area contributed by atoms with Crippen molar-refractivity contribution >= 4 is 11.6 Å². The van der Waals surface area contributed by atoms with E-state index in [1.807, 2.05) is 0 Å². The predicted octanol–water partition coefficient (Wildman–Crippen LogP) is 3.24. The summed E-state index contributed by atoms with van der Waals surface area (Å²) >= 11 is 5.76. The second-order valence-electron chi connectivity index (χ2n) is 4.44. The number of hydrogen-bond acceptors (Lipinski definition) is 1. The number of alkyl halides is 2. The van der Waals surface area contributed by atoms with E-state index in [-0.39, 0.29) is 17.1 Å². The molecule has 0 amide bonds.